The molecule has 1 atom stereocenters. The molecule has 0 aromatic heterocycles. The van der Waals surface area contributed by atoms with Crippen molar-refractivity contribution in [3.63, 3.8) is 0 Å². The summed E-state index contributed by atoms with van der Waals surface area (Å²) in [5.74, 6) is 0.592. The van der Waals surface area contributed by atoms with E-state index in [1.165, 1.54) is 0 Å². The van der Waals surface area contributed by atoms with Crippen LogP contribution in [0.4, 0.5) is 0 Å². The summed E-state index contributed by atoms with van der Waals surface area (Å²) < 4.78 is 16.0. The second kappa shape index (κ2) is 12.3. The molecule has 0 aromatic carbocycles. The number of ether oxygens (including phenoxy) is 3. The molecule has 0 aliphatic heterocycles. The van der Waals surface area contributed by atoms with E-state index in [9.17, 15) is 0 Å². The summed E-state index contributed by atoms with van der Waals surface area (Å²) in [4.78, 5) is 0. The lowest BCUT2D eigenvalue weighted by Gasteiger charge is -2.14. The summed E-state index contributed by atoms with van der Waals surface area (Å²) in [6, 6.07) is 0. The molecule has 0 aromatic rings. The first-order chi connectivity index (χ1) is 8.16. The highest BCUT2D eigenvalue weighted by molar-refractivity contribution is 4.55. The molecule has 1 N–H and O–H groups in total. The smallest absolute Gasteiger partial charge is 0.0704 e. The van der Waals surface area contributed by atoms with Gasteiger partial charge in [-0.25, -0.2) is 0 Å². The average molecular weight is 247 g/mol. The van der Waals surface area contributed by atoms with Crippen LogP contribution >= 0.6 is 0 Å². The number of rotatable bonds is 12. The van der Waals surface area contributed by atoms with Crippen molar-refractivity contribution in [2.75, 3.05) is 46.6 Å². The van der Waals surface area contributed by atoms with Crippen LogP contribution in [0.2, 0.25) is 0 Å². The van der Waals surface area contributed by atoms with Gasteiger partial charge in [-0.05, 0) is 25.8 Å². The van der Waals surface area contributed by atoms with Gasteiger partial charge >= 0.3 is 0 Å². The summed E-state index contributed by atoms with van der Waals surface area (Å²) in [7, 11) is 1.73. The van der Waals surface area contributed by atoms with Crippen molar-refractivity contribution in [3.05, 3.63) is 0 Å². The van der Waals surface area contributed by atoms with Crippen molar-refractivity contribution in [2.45, 2.75) is 33.3 Å². The monoisotopic (exact) mass is 247 g/mol. The third-order valence-corrected chi connectivity index (χ3v) is 2.22. The van der Waals surface area contributed by atoms with Gasteiger partial charge in [-0.1, -0.05) is 13.8 Å². The molecule has 0 fully saturated rings. The molecule has 0 bridgehead atoms. The Balaban J connectivity index is 3.14. The molecule has 104 valence electrons. The molecule has 0 aliphatic carbocycles. The third kappa shape index (κ3) is 13.8. The van der Waals surface area contributed by atoms with Crippen LogP contribution in [-0.4, -0.2) is 52.7 Å². The molecule has 1 unspecified atom stereocenters. The lowest BCUT2D eigenvalue weighted by atomic mass is 10.2. The normalized spacial score (nSPS) is 13.2. The van der Waals surface area contributed by atoms with E-state index < -0.39 is 0 Å². The van der Waals surface area contributed by atoms with E-state index in [4.69, 9.17) is 14.2 Å². The van der Waals surface area contributed by atoms with Gasteiger partial charge in [-0.2, -0.15) is 0 Å². The van der Waals surface area contributed by atoms with Crippen LogP contribution in [0, 0.1) is 5.92 Å². The molecule has 0 rings (SSSR count). The molecule has 4 nitrogen and oxygen atoms in total. The topological polar surface area (TPSA) is 39.7 Å². The molecular formula is C13H29NO3. The lowest BCUT2D eigenvalue weighted by Crippen LogP contribution is -2.29. The Bertz CT molecular complexity index is 154. The van der Waals surface area contributed by atoms with Crippen molar-refractivity contribution >= 4 is 0 Å². The number of nitrogens with one attached hydrogen (secondary N) is 1. The average Bonchev–Trinajstić information content (AvgIpc) is 2.28. The van der Waals surface area contributed by atoms with Gasteiger partial charge in [0.25, 0.3) is 0 Å². The van der Waals surface area contributed by atoms with Crippen LogP contribution in [0.25, 0.3) is 0 Å². The first-order valence-corrected chi connectivity index (χ1v) is 6.55. The fraction of sp³-hybridized carbons (Fsp3) is 1.00. The van der Waals surface area contributed by atoms with E-state index in [1.807, 2.05) is 0 Å². The van der Waals surface area contributed by atoms with Crippen molar-refractivity contribution in [1.82, 2.24) is 5.32 Å². The number of methoxy groups -OCH3 is 1. The largest absolute Gasteiger partial charge is 0.385 e. The van der Waals surface area contributed by atoms with Crippen molar-refractivity contribution in [2.24, 2.45) is 5.92 Å². The van der Waals surface area contributed by atoms with E-state index in [-0.39, 0.29) is 6.10 Å². The number of hydrogen-bond acceptors (Lipinski definition) is 4. The number of hydrogen-bond donors (Lipinski definition) is 1. The van der Waals surface area contributed by atoms with Gasteiger partial charge in [0.1, 0.15) is 0 Å². The molecule has 0 saturated carbocycles. The molecule has 0 amide bonds. The standard InChI is InChI=1S/C13H29NO3/c1-12(2)11-16-8-9-17-13(3)10-14-6-5-7-15-4/h12-14H,5-11H2,1-4H3. The highest BCUT2D eigenvalue weighted by Crippen LogP contribution is 1.93. The minimum atomic E-state index is 0.236. The Kier molecular flexibility index (Phi) is 12.2. The molecule has 0 spiro atoms. The fourth-order valence-electron chi connectivity index (χ4n) is 1.33. The Labute approximate surface area is 106 Å². The van der Waals surface area contributed by atoms with Gasteiger partial charge in [-0.3, -0.25) is 0 Å². The molecule has 0 radical (unpaired) electrons. The van der Waals surface area contributed by atoms with Crippen LogP contribution in [0.15, 0.2) is 0 Å². The van der Waals surface area contributed by atoms with Crippen molar-refractivity contribution in [3.8, 4) is 0 Å². The minimum Gasteiger partial charge on any atom is -0.385 e. The summed E-state index contributed by atoms with van der Waals surface area (Å²) >= 11 is 0. The van der Waals surface area contributed by atoms with E-state index in [1.54, 1.807) is 7.11 Å². The van der Waals surface area contributed by atoms with Crippen LogP contribution < -0.4 is 5.32 Å². The van der Waals surface area contributed by atoms with Crippen molar-refractivity contribution < 1.29 is 14.2 Å². The van der Waals surface area contributed by atoms with E-state index in [2.05, 4.69) is 26.1 Å². The first kappa shape index (κ1) is 16.8. The van der Waals surface area contributed by atoms with Gasteiger partial charge in [0, 0.05) is 26.9 Å². The van der Waals surface area contributed by atoms with Gasteiger partial charge in [-0.15, -0.1) is 0 Å². The summed E-state index contributed by atoms with van der Waals surface area (Å²) in [6.07, 6.45) is 1.28. The molecule has 17 heavy (non-hydrogen) atoms. The molecular weight excluding hydrogens is 218 g/mol. The Morgan fingerprint density at radius 2 is 1.82 bits per heavy atom. The lowest BCUT2D eigenvalue weighted by molar-refractivity contribution is 0.00665. The van der Waals surface area contributed by atoms with E-state index in [0.717, 1.165) is 32.7 Å². The summed E-state index contributed by atoms with van der Waals surface area (Å²) in [6.45, 7) is 11.2. The van der Waals surface area contributed by atoms with Gasteiger partial charge in [0.05, 0.1) is 19.3 Å². The fourth-order valence-corrected chi connectivity index (χ4v) is 1.33. The van der Waals surface area contributed by atoms with Crippen LogP contribution in [-0.2, 0) is 14.2 Å². The Morgan fingerprint density at radius 3 is 2.47 bits per heavy atom. The SMILES string of the molecule is COCCCNCC(C)OCCOCC(C)C. The van der Waals surface area contributed by atoms with Gasteiger partial charge in [0.15, 0.2) is 0 Å². The summed E-state index contributed by atoms with van der Waals surface area (Å²) in [5.41, 5.74) is 0. The molecule has 0 heterocycles. The predicted molar refractivity (Wildman–Crippen MR) is 70.4 cm³/mol. The molecule has 4 heteroatoms. The maximum atomic E-state index is 5.61. The van der Waals surface area contributed by atoms with Gasteiger partial charge in [0.2, 0.25) is 0 Å². The molecule has 0 aliphatic rings. The van der Waals surface area contributed by atoms with Crippen LogP contribution in [0.1, 0.15) is 27.2 Å². The zero-order chi connectivity index (χ0) is 12.9. The van der Waals surface area contributed by atoms with E-state index >= 15 is 0 Å². The maximum absolute atomic E-state index is 5.61. The Morgan fingerprint density at radius 1 is 1.06 bits per heavy atom. The Hall–Kier alpha value is -0.160. The van der Waals surface area contributed by atoms with Gasteiger partial charge < -0.3 is 19.5 Å². The third-order valence-electron chi connectivity index (χ3n) is 2.22. The second-order valence-corrected chi connectivity index (χ2v) is 4.70. The van der Waals surface area contributed by atoms with Crippen molar-refractivity contribution in [1.29, 1.82) is 0 Å². The van der Waals surface area contributed by atoms with Crippen LogP contribution in [0.3, 0.4) is 0 Å². The van der Waals surface area contributed by atoms with E-state index in [0.29, 0.717) is 19.1 Å². The second-order valence-electron chi connectivity index (χ2n) is 4.70. The highest BCUT2D eigenvalue weighted by atomic mass is 16.5. The first-order valence-electron chi connectivity index (χ1n) is 6.55. The maximum Gasteiger partial charge on any atom is 0.0704 e. The molecule has 0 saturated heterocycles. The highest BCUT2D eigenvalue weighted by Gasteiger charge is 2.01. The zero-order valence-corrected chi connectivity index (χ0v) is 11.8. The van der Waals surface area contributed by atoms with Crippen LogP contribution in [0.5, 0.6) is 0 Å². The minimum absolute atomic E-state index is 0.236. The predicted octanol–water partition coefficient (Wildman–Crippen LogP) is 1.69. The zero-order valence-electron chi connectivity index (χ0n) is 11.8. The summed E-state index contributed by atoms with van der Waals surface area (Å²) in [5, 5.41) is 3.33. The quantitative estimate of drug-likeness (QED) is 0.533.